The summed E-state index contributed by atoms with van der Waals surface area (Å²) < 4.78 is 11.8. The third-order valence-corrected chi connectivity index (χ3v) is 9.23. The molecule has 42 heavy (non-hydrogen) atoms. The first kappa shape index (κ1) is 28.4. The van der Waals surface area contributed by atoms with Crippen LogP contribution in [0.4, 0.5) is 5.69 Å². The predicted octanol–water partition coefficient (Wildman–Crippen LogP) is 3.37. The van der Waals surface area contributed by atoms with Crippen molar-refractivity contribution in [1.29, 1.82) is 0 Å². The van der Waals surface area contributed by atoms with E-state index in [1.54, 1.807) is 36.3 Å². The lowest BCUT2D eigenvalue weighted by Crippen LogP contribution is -2.57. The summed E-state index contributed by atoms with van der Waals surface area (Å²) in [5.74, 6) is -1.60. The molecular weight excluding hydrogens is 532 g/mol. The second kappa shape index (κ2) is 11.9. The molecule has 222 valence electrons. The summed E-state index contributed by atoms with van der Waals surface area (Å²) in [6.45, 7) is 1.65. The van der Waals surface area contributed by atoms with Crippen molar-refractivity contribution in [3.63, 3.8) is 0 Å². The van der Waals surface area contributed by atoms with E-state index in [2.05, 4.69) is 27.7 Å². The number of nitrogens with one attached hydrogen (secondary N) is 2. The maximum Gasteiger partial charge on any atom is 0.246 e. The standard InChI is InChI=1S/C33H40N4O5/c1-36(21-22-10-5-3-6-11-22)18-19-37-29(31(39)34-23-12-7-4-8-13-23)33-17-16-26(42-33)27(28(33)32(37)40)30(38)35-24-14-9-15-25(20-24)41-2/h3,5-6,9-11,14-17,20,23,26-29H,4,7-8,12-13,18-19,21H2,1-2H3,(H,34,39)(H,35,38)/t26-,27-,28-,29-,33-/m0/s1. The fourth-order valence-electron chi connectivity index (χ4n) is 7.21. The van der Waals surface area contributed by atoms with Gasteiger partial charge in [-0.3, -0.25) is 14.4 Å². The summed E-state index contributed by atoms with van der Waals surface area (Å²) in [7, 11) is 3.58. The molecule has 3 fully saturated rings. The number of hydrogen-bond donors (Lipinski definition) is 2. The average molecular weight is 573 g/mol. The quantitative estimate of drug-likeness (QED) is 0.424. The summed E-state index contributed by atoms with van der Waals surface area (Å²) in [4.78, 5) is 45.8. The lowest BCUT2D eigenvalue weighted by atomic mass is 9.74. The first-order valence-corrected chi connectivity index (χ1v) is 15.0. The molecule has 2 bridgehead atoms. The Kier molecular flexibility index (Phi) is 8.05. The van der Waals surface area contributed by atoms with Gasteiger partial charge < -0.3 is 29.9 Å². The Labute approximate surface area is 247 Å². The van der Waals surface area contributed by atoms with Crippen LogP contribution in [0.2, 0.25) is 0 Å². The summed E-state index contributed by atoms with van der Waals surface area (Å²) >= 11 is 0. The Hall–Kier alpha value is -3.69. The van der Waals surface area contributed by atoms with E-state index < -0.39 is 29.6 Å². The number of fused-ring (bicyclic) bond motifs is 1. The number of carbonyl (C=O) groups excluding carboxylic acids is 3. The third-order valence-electron chi connectivity index (χ3n) is 9.23. The van der Waals surface area contributed by atoms with Gasteiger partial charge in [-0.1, -0.05) is 67.8 Å². The van der Waals surface area contributed by atoms with Gasteiger partial charge in [0, 0.05) is 37.4 Å². The van der Waals surface area contributed by atoms with Crippen LogP contribution in [0.5, 0.6) is 5.75 Å². The molecule has 9 heteroatoms. The molecule has 6 rings (SSSR count). The average Bonchev–Trinajstić information content (AvgIpc) is 3.64. The smallest absolute Gasteiger partial charge is 0.246 e. The van der Waals surface area contributed by atoms with Gasteiger partial charge in [-0.25, -0.2) is 0 Å². The molecule has 1 aliphatic carbocycles. The minimum absolute atomic E-state index is 0.0918. The highest BCUT2D eigenvalue weighted by atomic mass is 16.5. The van der Waals surface area contributed by atoms with E-state index >= 15 is 0 Å². The highest BCUT2D eigenvalue weighted by Crippen LogP contribution is 2.55. The number of amides is 3. The van der Waals surface area contributed by atoms with Gasteiger partial charge in [0.25, 0.3) is 0 Å². The number of carbonyl (C=O) groups is 3. The molecule has 3 aliphatic heterocycles. The molecular formula is C33H40N4O5. The van der Waals surface area contributed by atoms with Crippen LogP contribution in [0.15, 0.2) is 66.7 Å². The van der Waals surface area contributed by atoms with Gasteiger partial charge in [0.05, 0.1) is 25.0 Å². The molecule has 4 aliphatic rings. The third kappa shape index (κ3) is 5.31. The highest BCUT2D eigenvalue weighted by molar-refractivity contribution is 6.02. The summed E-state index contributed by atoms with van der Waals surface area (Å²) in [6, 6.07) is 16.5. The fraction of sp³-hybridized carbons (Fsp3) is 0.485. The molecule has 0 unspecified atom stereocenters. The zero-order chi connectivity index (χ0) is 29.3. The van der Waals surface area contributed by atoms with Gasteiger partial charge in [0.1, 0.15) is 17.4 Å². The maximum absolute atomic E-state index is 14.2. The van der Waals surface area contributed by atoms with E-state index in [1.807, 2.05) is 37.4 Å². The van der Waals surface area contributed by atoms with Crippen molar-refractivity contribution in [3.05, 3.63) is 72.3 Å². The van der Waals surface area contributed by atoms with Crippen LogP contribution in [-0.2, 0) is 25.7 Å². The van der Waals surface area contributed by atoms with E-state index in [0.29, 0.717) is 24.5 Å². The molecule has 0 radical (unpaired) electrons. The van der Waals surface area contributed by atoms with Crippen molar-refractivity contribution >= 4 is 23.4 Å². The number of likely N-dealkylation sites (tertiary alicyclic amines) is 1. The van der Waals surface area contributed by atoms with Gasteiger partial charge in [-0.15, -0.1) is 0 Å². The summed E-state index contributed by atoms with van der Waals surface area (Å²) in [5.41, 5.74) is 0.583. The van der Waals surface area contributed by atoms with Gasteiger partial charge in [-0.2, -0.15) is 0 Å². The second-order valence-corrected chi connectivity index (χ2v) is 12.0. The molecule has 5 atom stereocenters. The van der Waals surface area contributed by atoms with Crippen LogP contribution in [0.25, 0.3) is 0 Å². The summed E-state index contributed by atoms with van der Waals surface area (Å²) in [5, 5.41) is 6.21. The Morgan fingerprint density at radius 1 is 1.07 bits per heavy atom. The van der Waals surface area contributed by atoms with Crippen molar-refractivity contribution in [3.8, 4) is 5.75 Å². The number of ether oxygens (including phenoxy) is 2. The fourth-order valence-corrected chi connectivity index (χ4v) is 7.21. The Morgan fingerprint density at radius 3 is 2.62 bits per heavy atom. The molecule has 3 heterocycles. The Balaban J connectivity index is 1.24. The topological polar surface area (TPSA) is 100 Å². The number of nitrogens with zero attached hydrogens (tertiary/aromatic N) is 2. The van der Waals surface area contributed by atoms with Crippen molar-refractivity contribution < 1.29 is 23.9 Å². The first-order valence-electron chi connectivity index (χ1n) is 15.0. The van der Waals surface area contributed by atoms with Crippen molar-refractivity contribution in [2.45, 2.75) is 62.4 Å². The minimum Gasteiger partial charge on any atom is -0.497 e. The van der Waals surface area contributed by atoms with Gasteiger partial charge in [0.15, 0.2) is 0 Å². The zero-order valence-electron chi connectivity index (χ0n) is 24.3. The normalized spacial score (nSPS) is 28.3. The van der Waals surface area contributed by atoms with E-state index in [-0.39, 0.29) is 23.8 Å². The number of benzene rings is 2. The SMILES string of the molecule is COc1cccc(NC(=O)[C@H]2[C@@H]3C=C[C@]4(O3)[C@@H]2C(=O)N(CCN(C)Cc2ccccc2)[C@H]4C(=O)NC2CCCCC2)c1. The molecule has 1 saturated carbocycles. The highest BCUT2D eigenvalue weighted by Gasteiger charge is 2.72. The van der Waals surface area contributed by atoms with E-state index in [9.17, 15) is 14.4 Å². The first-order chi connectivity index (χ1) is 20.4. The maximum atomic E-state index is 14.2. The molecule has 2 N–H and O–H groups in total. The van der Waals surface area contributed by atoms with Crippen molar-refractivity contribution in [2.75, 3.05) is 32.6 Å². The lowest BCUT2D eigenvalue weighted by Gasteiger charge is -2.34. The Bertz CT molecular complexity index is 1340. The van der Waals surface area contributed by atoms with Crippen LogP contribution in [0.3, 0.4) is 0 Å². The molecule has 2 saturated heterocycles. The number of rotatable bonds is 10. The van der Waals surface area contributed by atoms with Crippen molar-refractivity contribution in [1.82, 2.24) is 15.1 Å². The van der Waals surface area contributed by atoms with Crippen LogP contribution < -0.4 is 15.4 Å². The van der Waals surface area contributed by atoms with Crippen LogP contribution >= 0.6 is 0 Å². The van der Waals surface area contributed by atoms with Gasteiger partial charge in [0.2, 0.25) is 17.7 Å². The molecule has 9 nitrogen and oxygen atoms in total. The molecule has 2 aromatic carbocycles. The van der Waals surface area contributed by atoms with Crippen molar-refractivity contribution in [2.24, 2.45) is 11.8 Å². The lowest BCUT2D eigenvalue weighted by molar-refractivity contribution is -0.141. The number of likely N-dealkylation sites (N-methyl/N-ethyl adjacent to an activating group) is 1. The van der Waals surface area contributed by atoms with Crippen LogP contribution in [0.1, 0.15) is 37.7 Å². The van der Waals surface area contributed by atoms with Gasteiger partial charge >= 0.3 is 0 Å². The molecule has 3 amide bonds. The number of anilines is 1. The number of hydrogen-bond acceptors (Lipinski definition) is 6. The van der Waals surface area contributed by atoms with E-state index in [4.69, 9.17) is 9.47 Å². The molecule has 2 aromatic rings. The van der Waals surface area contributed by atoms with E-state index in [0.717, 1.165) is 32.2 Å². The molecule has 0 aromatic heterocycles. The molecule has 1 spiro atoms. The summed E-state index contributed by atoms with van der Waals surface area (Å²) in [6.07, 6.45) is 8.37. The largest absolute Gasteiger partial charge is 0.497 e. The van der Waals surface area contributed by atoms with Crippen LogP contribution in [0, 0.1) is 11.8 Å². The van der Waals surface area contributed by atoms with Crippen LogP contribution in [-0.4, -0.2) is 78.6 Å². The zero-order valence-corrected chi connectivity index (χ0v) is 24.3. The minimum atomic E-state index is -1.17. The van der Waals surface area contributed by atoms with E-state index in [1.165, 1.54) is 12.0 Å². The number of methoxy groups -OCH3 is 1. The Morgan fingerprint density at radius 2 is 1.86 bits per heavy atom. The second-order valence-electron chi connectivity index (χ2n) is 12.0. The van der Waals surface area contributed by atoms with Gasteiger partial charge in [-0.05, 0) is 37.6 Å². The monoisotopic (exact) mass is 572 g/mol. The predicted molar refractivity (Wildman–Crippen MR) is 159 cm³/mol.